The van der Waals surface area contributed by atoms with Gasteiger partial charge in [0.25, 0.3) is 0 Å². The number of aromatic nitrogens is 1. The molecule has 1 fully saturated rings. The number of carbonyl (C=O) groups is 1. The maximum atomic E-state index is 13.5. The van der Waals surface area contributed by atoms with Crippen molar-refractivity contribution >= 4 is 17.5 Å². The van der Waals surface area contributed by atoms with Crippen molar-refractivity contribution in [2.45, 2.75) is 19.3 Å². The van der Waals surface area contributed by atoms with Crippen LogP contribution in [0.2, 0.25) is 0 Å². The highest BCUT2D eigenvalue weighted by molar-refractivity contribution is 5.80. The Morgan fingerprint density at radius 2 is 1.90 bits per heavy atom. The number of nitrogen functional groups attached to an aromatic ring is 1. The minimum absolute atomic E-state index is 0.0838. The fourth-order valence-corrected chi connectivity index (χ4v) is 2.11. The number of hydrazine groups is 1. The van der Waals surface area contributed by atoms with Crippen LogP contribution in [-0.2, 0) is 4.79 Å². The summed E-state index contributed by atoms with van der Waals surface area (Å²) in [6.45, 7) is 1.35. The molecule has 1 aromatic rings. The van der Waals surface area contributed by atoms with Crippen molar-refractivity contribution in [3.8, 4) is 0 Å². The van der Waals surface area contributed by atoms with Gasteiger partial charge in [-0.15, -0.1) is 0 Å². The van der Waals surface area contributed by atoms with Gasteiger partial charge in [0, 0.05) is 19.2 Å². The van der Waals surface area contributed by atoms with Gasteiger partial charge in [-0.1, -0.05) is 0 Å². The van der Waals surface area contributed by atoms with E-state index in [1.54, 1.807) is 4.90 Å². The van der Waals surface area contributed by atoms with E-state index in [9.17, 15) is 13.6 Å². The molecule has 0 radical (unpaired) electrons. The van der Waals surface area contributed by atoms with Crippen molar-refractivity contribution in [2.24, 2.45) is 5.84 Å². The Morgan fingerprint density at radius 1 is 1.25 bits per heavy atom. The topological polar surface area (TPSA) is 83.3 Å². The summed E-state index contributed by atoms with van der Waals surface area (Å²) >= 11 is 0. The second-order valence-corrected chi connectivity index (χ2v) is 4.59. The Labute approximate surface area is 115 Å². The summed E-state index contributed by atoms with van der Waals surface area (Å²) in [6, 6.07) is 0.663. The van der Waals surface area contributed by atoms with Crippen LogP contribution in [0.25, 0.3) is 0 Å². The molecule has 1 aliphatic heterocycles. The SMILES string of the molecule is NNc1nc(NCC(=O)N2CCCCC2)c(F)cc1F. The van der Waals surface area contributed by atoms with E-state index in [1.807, 2.05) is 5.43 Å². The molecule has 1 aliphatic rings. The Kier molecular flexibility index (Phi) is 4.67. The average Bonchev–Trinajstić information content (AvgIpc) is 2.47. The molecule has 2 rings (SSSR count). The molecule has 0 aromatic carbocycles. The zero-order valence-electron chi connectivity index (χ0n) is 11.0. The van der Waals surface area contributed by atoms with Gasteiger partial charge in [-0.05, 0) is 19.3 Å². The molecule has 0 saturated carbocycles. The fourth-order valence-electron chi connectivity index (χ4n) is 2.11. The number of piperidine rings is 1. The highest BCUT2D eigenvalue weighted by Crippen LogP contribution is 2.18. The van der Waals surface area contributed by atoms with Crippen LogP contribution in [0.4, 0.5) is 20.4 Å². The largest absolute Gasteiger partial charge is 0.358 e. The van der Waals surface area contributed by atoms with Gasteiger partial charge in [-0.25, -0.2) is 19.6 Å². The van der Waals surface area contributed by atoms with E-state index in [4.69, 9.17) is 5.84 Å². The van der Waals surface area contributed by atoms with Gasteiger partial charge in [0.2, 0.25) is 5.91 Å². The summed E-state index contributed by atoms with van der Waals surface area (Å²) in [5.41, 5.74) is 2.03. The van der Waals surface area contributed by atoms with E-state index < -0.39 is 11.6 Å². The van der Waals surface area contributed by atoms with Crippen molar-refractivity contribution < 1.29 is 13.6 Å². The molecule has 0 spiro atoms. The Balaban J connectivity index is 1.97. The molecule has 0 bridgehead atoms. The maximum absolute atomic E-state index is 13.5. The van der Waals surface area contributed by atoms with Gasteiger partial charge in [-0.3, -0.25) is 4.79 Å². The van der Waals surface area contributed by atoms with Crippen LogP contribution in [0.1, 0.15) is 19.3 Å². The van der Waals surface area contributed by atoms with Gasteiger partial charge in [0.1, 0.15) is 0 Å². The van der Waals surface area contributed by atoms with Crippen LogP contribution in [0.15, 0.2) is 6.07 Å². The van der Waals surface area contributed by atoms with Crippen LogP contribution < -0.4 is 16.6 Å². The van der Waals surface area contributed by atoms with E-state index in [1.165, 1.54) is 0 Å². The standard InChI is InChI=1S/C12H17F2N5O/c13-8-6-9(14)12(18-15)17-11(8)16-7-10(20)19-4-2-1-3-5-19/h6H,1-5,7,15H2,(H2,16,17,18). The number of amides is 1. The highest BCUT2D eigenvalue weighted by Gasteiger charge is 2.17. The summed E-state index contributed by atoms with van der Waals surface area (Å²) in [6.07, 6.45) is 3.09. The average molecular weight is 285 g/mol. The Bertz CT molecular complexity index is 491. The number of nitrogens with two attached hydrogens (primary N) is 1. The predicted molar refractivity (Wildman–Crippen MR) is 70.9 cm³/mol. The molecule has 4 N–H and O–H groups in total. The van der Waals surface area contributed by atoms with Crippen LogP contribution in [-0.4, -0.2) is 35.4 Å². The van der Waals surface area contributed by atoms with Crippen LogP contribution >= 0.6 is 0 Å². The molecule has 20 heavy (non-hydrogen) atoms. The van der Waals surface area contributed by atoms with Gasteiger partial charge >= 0.3 is 0 Å². The third-order valence-electron chi connectivity index (χ3n) is 3.18. The molecule has 2 heterocycles. The van der Waals surface area contributed by atoms with Gasteiger partial charge < -0.3 is 15.6 Å². The number of hydrogen-bond donors (Lipinski definition) is 3. The number of carbonyl (C=O) groups excluding carboxylic acids is 1. The Hall–Kier alpha value is -1.96. The smallest absolute Gasteiger partial charge is 0.241 e. The first-order valence-corrected chi connectivity index (χ1v) is 6.46. The molecule has 1 amide bonds. The summed E-state index contributed by atoms with van der Waals surface area (Å²) in [5.74, 6) is 2.70. The molecular weight excluding hydrogens is 268 g/mol. The zero-order valence-corrected chi connectivity index (χ0v) is 11.0. The first kappa shape index (κ1) is 14.4. The lowest BCUT2D eigenvalue weighted by Crippen LogP contribution is -2.39. The first-order valence-electron chi connectivity index (χ1n) is 6.46. The van der Waals surface area contributed by atoms with E-state index in [0.29, 0.717) is 6.07 Å². The van der Waals surface area contributed by atoms with Crippen molar-refractivity contribution in [3.63, 3.8) is 0 Å². The monoisotopic (exact) mass is 285 g/mol. The number of pyridine rings is 1. The molecule has 0 atom stereocenters. The molecule has 8 heteroatoms. The van der Waals surface area contributed by atoms with E-state index >= 15 is 0 Å². The van der Waals surface area contributed by atoms with Crippen molar-refractivity contribution in [1.29, 1.82) is 0 Å². The van der Waals surface area contributed by atoms with Crippen LogP contribution in [0.3, 0.4) is 0 Å². The van der Waals surface area contributed by atoms with Crippen LogP contribution in [0.5, 0.6) is 0 Å². The number of nitrogens with one attached hydrogen (secondary N) is 2. The second-order valence-electron chi connectivity index (χ2n) is 4.59. The number of hydrogen-bond acceptors (Lipinski definition) is 5. The Morgan fingerprint density at radius 3 is 2.55 bits per heavy atom. The van der Waals surface area contributed by atoms with Gasteiger partial charge in [-0.2, -0.15) is 0 Å². The number of likely N-dealkylation sites (tertiary alicyclic amines) is 1. The molecule has 110 valence electrons. The summed E-state index contributed by atoms with van der Waals surface area (Å²) < 4.78 is 26.7. The number of nitrogens with zero attached hydrogens (tertiary/aromatic N) is 2. The summed E-state index contributed by atoms with van der Waals surface area (Å²) in [7, 11) is 0. The third-order valence-corrected chi connectivity index (χ3v) is 3.18. The van der Waals surface area contributed by atoms with E-state index in [2.05, 4.69) is 10.3 Å². The second kappa shape index (κ2) is 6.47. The lowest BCUT2D eigenvalue weighted by atomic mass is 10.1. The van der Waals surface area contributed by atoms with Crippen molar-refractivity contribution in [1.82, 2.24) is 9.88 Å². The number of halogens is 2. The molecule has 1 saturated heterocycles. The fraction of sp³-hybridized carbons (Fsp3) is 0.500. The number of anilines is 2. The first-order chi connectivity index (χ1) is 9.61. The third kappa shape index (κ3) is 3.32. The number of rotatable bonds is 4. The molecule has 0 aliphatic carbocycles. The lowest BCUT2D eigenvalue weighted by molar-refractivity contribution is -0.130. The quantitative estimate of drug-likeness (QED) is 0.569. The van der Waals surface area contributed by atoms with E-state index in [0.717, 1.165) is 32.4 Å². The minimum Gasteiger partial charge on any atom is -0.358 e. The van der Waals surface area contributed by atoms with Gasteiger partial charge in [0.05, 0.1) is 6.54 Å². The molecule has 0 unspecified atom stereocenters. The van der Waals surface area contributed by atoms with Gasteiger partial charge in [0.15, 0.2) is 23.3 Å². The minimum atomic E-state index is -0.891. The molecule has 6 nitrogen and oxygen atoms in total. The summed E-state index contributed by atoms with van der Waals surface area (Å²) in [4.78, 5) is 17.3. The van der Waals surface area contributed by atoms with Crippen molar-refractivity contribution in [3.05, 3.63) is 17.7 Å². The highest BCUT2D eigenvalue weighted by atomic mass is 19.1. The van der Waals surface area contributed by atoms with Crippen molar-refractivity contribution in [2.75, 3.05) is 30.4 Å². The lowest BCUT2D eigenvalue weighted by Gasteiger charge is -2.26. The maximum Gasteiger partial charge on any atom is 0.241 e. The zero-order chi connectivity index (χ0) is 14.5. The van der Waals surface area contributed by atoms with Crippen LogP contribution in [0, 0.1) is 11.6 Å². The summed E-state index contributed by atoms with van der Waals surface area (Å²) in [5, 5.41) is 2.57. The molecule has 1 aromatic heterocycles. The normalized spacial score (nSPS) is 15.1. The van der Waals surface area contributed by atoms with E-state index in [-0.39, 0.29) is 24.1 Å². The predicted octanol–water partition coefficient (Wildman–Crippen LogP) is 1.07. The molecular formula is C12H17F2N5O.